The van der Waals surface area contributed by atoms with E-state index in [9.17, 15) is 22.0 Å². The predicted molar refractivity (Wildman–Crippen MR) is 94.2 cm³/mol. The van der Waals surface area contributed by atoms with Crippen molar-refractivity contribution in [3.63, 3.8) is 0 Å². The molecule has 0 aromatic heterocycles. The van der Waals surface area contributed by atoms with Crippen molar-refractivity contribution in [1.29, 1.82) is 0 Å². The third-order valence-electron chi connectivity index (χ3n) is 3.51. The van der Waals surface area contributed by atoms with Gasteiger partial charge in [-0.25, -0.2) is 8.42 Å². The minimum atomic E-state index is -4.79. The summed E-state index contributed by atoms with van der Waals surface area (Å²) < 4.78 is 54.3. The molecule has 1 N–H and O–H groups in total. The molecule has 0 spiro atoms. The van der Waals surface area contributed by atoms with Crippen LogP contribution in [0.3, 0.4) is 0 Å². The van der Waals surface area contributed by atoms with Crippen molar-refractivity contribution in [1.82, 2.24) is 0 Å². The van der Waals surface area contributed by atoms with Crippen LogP contribution < -0.4 is 10.1 Å². The van der Waals surface area contributed by atoms with E-state index in [4.69, 9.17) is 4.74 Å². The second kappa shape index (κ2) is 8.75. The highest BCUT2D eigenvalue weighted by Gasteiger charge is 2.29. The van der Waals surface area contributed by atoms with E-state index in [0.29, 0.717) is 18.8 Å². The van der Waals surface area contributed by atoms with Gasteiger partial charge in [0.25, 0.3) is 0 Å². The van der Waals surface area contributed by atoms with Gasteiger partial charge in [0.1, 0.15) is 5.75 Å². The molecule has 2 rings (SSSR count). The van der Waals surface area contributed by atoms with E-state index in [1.165, 1.54) is 18.2 Å². The number of benzene rings is 2. The quantitative estimate of drug-likeness (QED) is 0.704. The van der Waals surface area contributed by atoms with Crippen LogP contribution in [0.1, 0.15) is 18.4 Å². The standard InChI is InChI=1S/C18H19F2NO4S/c1-13-6-4-7-14(12-13)25-11-5-10-17(22)21-15-8-2-3-9-16(15)26(23,24)18(19)20/h2-4,6-9,12,18H,5,10-11H2,1H3,(H,21,22). The summed E-state index contributed by atoms with van der Waals surface area (Å²) in [5.41, 5.74) is 0.898. The van der Waals surface area contributed by atoms with Gasteiger partial charge in [-0.2, -0.15) is 8.78 Å². The highest BCUT2D eigenvalue weighted by Crippen LogP contribution is 2.26. The lowest BCUT2D eigenvalue weighted by atomic mass is 10.2. The number of halogens is 2. The summed E-state index contributed by atoms with van der Waals surface area (Å²) in [7, 11) is -4.79. The number of anilines is 1. The zero-order chi connectivity index (χ0) is 19.2. The molecule has 0 saturated carbocycles. The van der Waals surface area contributed by atoms with Crippen LogP contribution in [0.4, 0.5) is 14.5 Å². The van der Waals surface area contributed by atoms with Gasteiger partial charge in [-0.3, -0.25) is 4.79 Å². The highest BCUT2D eigenvalue weighted by atomic mass is 32.2. The molecule has 0 bridgehead atoms. The van der Waals surface area contributed by atoms with Crippen LogP contribution in [0.5, 0.6) is 5.75 Å². The molecular formula is C18H19F2NO4S. The van der Waals surface area contributed by atoms with Gasteiger partial charge in [-0.1, -0.05) is 24.3 Å². The lowest BCUT2D eigenvalue weighted by molar-refractivity contribution is -0.116. The molecule has 8 heteroatoms. The first-order valence-corrected chi connectivity index (χ1v) is 9.46. The number of hydrogen-bond donors (Lipinski definition) is 1. The van der Waals surface area contributed by atoms with Gasteiger partial charge >= 0.3 is 5.76 Å². The summed E-state index contributed by atoms with van der Waals surface area (Å²) in [6, 6.07) is 12.6. The van der Waals surface area contributed by atoms with Crippen LogP contribution in [0.15, 0.2) is 53.4 Å². The lowest BCUT2D eigenvalue weighted by Gasteiger charge is -2.11. The van der Waals surface area contributed by atoms with Gasteiger partial charge < -0.3 is 10.1 Å². The van der Waals surface area contributed by atoms with Crippen molar-refractivity contribution >= 4 is 21.4 Å². The minimum Gasteiger partial charge on any atom is -0.494 e. The number of rotatable bonds is 8. The van der Waals surface area contributed by atoms with E-state index < -0.39 is 26.4 Å². The maximum atomic E-state index is 12.7. The van der Waals surface area contributed by atoms with E-state index in [1.54, 1.807) is 6.07 Å². The maximum Gasteiger partial charge on any atom is 0.341 e. The van der Waals surface area contributed by atoms with Gasteiger partial charge in [0.05, 0.1) is 17.2 Å². The second-order valence-electron chi connectivity index (χ2n) is 5.62. The number of para-hydroxylation sites is 1. The Morgan fingerprint density at radius 2 is 1.88 bits per heavy atom. The average molecular weight is 383 g/mol. The summed E-state index contributed by atoms with van der Waals surface area (Å²) in [5.74, 6) is -3.34. The maximum absolute atomic E-state index is 12.7. The Morgan fingerprint density at radius 1 is 1.15 bits per heavy atom. The molecule has 5 nitrogen and oxygen atoms in total. The fourth-order valence-electron chi connectivity index (χ4n) is 2.25. The van der Waals surface area contributed by atoms with E-state index in [-0.39, 0.29) is 12.1 Å². The molecule has 0 heterocycles. The van der Waals surface area contributed by atoms with Crippen molar-refractivity contribution < 1.29 is 26.7 Å². The topological polar surface area (TPSA) is 72.5 Å². The van der Waals surface area contributed by atoms with Crippen molar-refractivity contribution in [2.24, 2.45) is 0 Å². The molecule has 0 aliphatic carbocycles. The first-order chi connectivity index (χ1) is 12.3. The van der Waals surface area contributed by atoms with Gasteiger partial charge in [-0.05, 0) is 43.2 Å². The van der Waals surface area contributed by atoms with Crippen molar-refractivity contribution in [2.75, 3.05) is 11.9 Å². The smallest absolute Gasteiger partial charge is 0.341 e. The van der Waals surface area contributed by atoms with Crippen molar-refractivity contribution in [3.05, 3.63) is 54.1 Å². The van der Waals surface area contributed by atoms with E-state index in [2.05, 4.69) is 5.32 Å². The van der Waals surface area contributed by atoms with Crippen LogP contribution in [-0.4, -0.2) is 26.7 Å². The molecule has 1 amide bonds. The summed E-state index contributed by atoms with van der Waals surface area (Å²) in [4.78, 5) is 11.4. The van der Waals surface area contributed by atoms with E-state index in [1.807, 2.05) is 25.1 Å². The zero-order valence-corrected chi connectivity index (χ0v) is 14.9. The number of aryl methyl sites for hydroxylation is 1. The van der Waals surface area contributed by atoms with Gasteiger partial charge in [0.2, 0.25) is 15.7 Å². The number of hydrogen-bond acceptors (Lipinski definition) is 4. The van der Waals surface area contributed by atoms with Gasteiger partial charge in [-0.15, -0.1) is 0 Å². The molecule has 0 radical (unpaired) electrons. The number of carbonyl (C=O) groups excluding carboxylic acids is 1. The molecular weight excluding hydrogens is 364 g/mol. The molecule has 2 aromatic rings. The molecule has 0 saturated heterocycles. The van der Waals surface area contributed by atoms with Crippen LogP contribution in [0, 0.1) is 6.92 Å². The monoisotopic (exact) mass is 383 g/mol. The fraction of sp³-hybridized carbons (Fsp3) is 0.278. The Balaban J connectivity index is 1.90. The van der Waals surface area contributed by atoms with Crippen LogP contribution in [0.2, 0.25) is 0 Å². The van der Waals surface area contributed by atoms with Crippen molar-refractivity contribution in [3.8, 4) is 5.75 Å². The third-order valence-corrected chi connectivity index (χ3v) is 4.95. The van der Waals surface area contributed by atoms with Gasteiger partial charge in [0, 0.05) is 6.42 Å². The summed E-state index contributed by atoms with van der Waals surface area (Å²) >= 11 is 0. The highest BCUT2D eigenvalue weighted by molar-refractivity contribution is 7.91. The van der Waals surface area contributed by atoms with Gasteiger partial charge in [0.15, 0.2) is 0 Å². The Bertz CT molecular complexity index is 869. The van der Waals surface area contributed by atoms with E-state index >= 15 is 0 Å². The fourth-order valence-corrected chi connectivity index (χ4v) is 3.14. The Labute approximate surface area is 150 Å². The number of sulfone groups is 1. The predicted octanol–water partition coefficient (Wildman–Crippen LogP) is 3.79. The SMILES string of the molecule is Cc1cccc(OCCCC(=O)Nc2ccccc2S(=O)(=O)C(F)F)c1. The number of ether oxygens (including phenoxy) is 1. The van der Waals surface area contributed by atoms with Crippen LogP contribution in [0.25, 0.3) is 0 Å². The Kier molecular flexibility index (Phi) is 6.68. The zero-order valence-electron chi connectivity index (χ0n) is 14.1. The molecule has 0 unspecified atom stereocenters. The number of alkyl halides is 2. The van der Waals surface area contributed by atoms with Crippen LogP contribution in [-0.2, 0) is 14.6 Å². The Hall–Kier alpha value is -2.48. The largest absolute Gasteiger partial charge is 0.494 e. The molecule has 140 valence electrons. The molecule has 0 aliphatic rings. The molecule has 26 heavy (non-hydrogen) atoms. The summed E-state index contributed by atoms with van der Waals surface area (Å²) in [5, 5.41) is 2.37. The third kappa shape index (κ3) is 5.26. The first kappa shape index (κ1) is 19.8. The molecule has 2 aromatic carbocycles. The summed E-state index contributed by atoms with van der Waals surface area (Å²) in [6.45, 7) is 2.24. The molecule has 0 aliphatic heterocycles. The Morgan fingerprint density at radius 3 is 2.58 bits per heavy atom. The summed E-state index contributed by atoms with van der Waals surface area (Å²) in [6.07, 6.45) is 0.457. The molecule has 0 fully saturated rings. The van der Waals surface area contributed by atoms with Crippen LogP contribution >= 0.6 is 0 Å². The normalized spacial score (nSPS) is 11.4. The first-order valence-electron chi connectivity index (χ1n) is 7.91. The number of nitrogens with one attached hydrogen (secondary N) is 1. The van der Waals surface area contributed by atoms with Crippen molar-refractivity contribution in [2.45, 2.75) is 30.4 Å². The number of carbonyl (C=O) groups is 1. The second-order valence-corrected chi connectivity index (χ2v) is 7.50. The van der Waals surface area contributed by atoms with E-state index in [0.717, 1.165) is 11.6 Å². The number of amides is 1. The molecule has 0 atom stereocenters. The minimum absolute atomic E-state index is 0.0644. The lowest BCUT2D eigenvalue weighted by Crippen LogP contribution is -2.18. The average Bonchev–Trinajstić information content (AvgIpc) is 2.59.